The van der Waals surface area contributed by atoms with Gasteiger partial charge < -0.3 is 5.11 Å². The van der Waals surface area contributed by atoms with Crippen LogP contribution in [0.25, 0.3) is 32.5 Å². The molecule has 0 spiro atoms. The number of fused-ring (bicyclic) bond motifs is 2. The van der Waals surface area contributed by atoms with E-state index in [0.29, 0.717) is 6.42 Å². The third-order valence-corrected chi connectivity index (χ3v) is 5.67. The number of rotatable bonds is 3. The number of hydrogen-bond acceptors (Lipinski definition) is 5. The molecule has 0 aliphatic rings. The van der Waals surface area contributed by atoms with Crippen molar-refractivity contribution in [2.75, 3.05) is 0 Å². The highest BCUT2D eigenvalue weighted by atomic mass is 32.1. The van der Waals surface area contributed by atoms with Crippen LogP contribution in [0.3, 0.4) is 0 Å². The molecule has 0 radical (unpaired) electrons. The van der Waals surface area contributed by atoms with Crippen LogP contribution in [0.2, 0.25) is 0 Å². The van der Waals surface area contributed by atoms with Gasteiger partial charge in [0.25, 0.3) is 0 Å². The van der Waals surface area contributed by atoms with Crippen molar-refractivity contribution < 1.29 is 5.11 Å². The molecular formula is C18H18N4OS. The monoisotopic (exact) mass is 338 g/mol. The second-order valence-electron chi connectivity index (χ2n) is 6.27. The molecule has 0 aliphatic carbocycles. The zero-order valence-corrected chi connectivity index (χ0v) is 14.6. The number of aryl methyl sites for hydroxylation is 1. The molecule has 24 heavy (non-hydrogen) atoms. The Labute approximate surface area is 143 Å². The Morgan fingerprint density at radius 2 is 2.08 bits per heavy atom. The van der Waals surface area contributed by atoms with Crippen LogP contribution in [0.4, 0.5) is 0 Å². The first kappa shape index (κ1) is 15.2. The lowest BCUT2D eigenvalue weighted by Gasteiger charge is -2.18. The molecule has 4 aromatic rings. The van der Waals surface area contributed by atoms with E-state index >= 15 is 0 Å². The van der Waals surface area contributed by atoms with Gasteiger partial charge in [-0.25, -0.2) is 9.97 Å². The maximum Gasteiger partial charge on any atom is 0.181 e. The fraction of sp³-hybridized carbons (Fsp3) is 0.278. The lowest BCUT2D eigenvalue weighted by atomic mass is 10.0. The van der Waals surface area contributed by atoms with Crippen molar-refractivity contribution in [3.63, 3.8) is 0 Å². The maximum atomic E-state index is 10.5. The molecule has 0 fully saturated rings. The number of thiophene rings is 1. The Hall–Kier alpha value is -2.31. The van der Waals surface area contributed by atoms with Gasteiger partial charge in [-0.15, -0.1) is 11.3 Å². The first-order valence-electron chi connectivity index (χ1n) is 7.89. The molecule has 4 aromatic heterocycles. The fourth-order valence-corrected chi connectivity index (χ4v) is 3.84. The average Bonchev–Trinajstić information content (AvgIpc) is 3.15. The summed E-state index contributed by atoms with van der Waals surface area (Å²) in [6, 6.07) is 8.14. The quantitative estimate of drug-likeness (QED) is 0.616. The Kier molecular flexibility index (Phi) is 3.40. The van der Waals surface area contributed by atoms with Crippen molar-refractivity contribution in [3.05, 3.63) is 41.5 Å². The summed E-state index contributed by atoms with van der Waals surface area (Å²) in [5, 5.41) is 16.8. The van der Waals surface area contributed by atoms with Gasteiger partial charge in [0.15, 0.2) is 5.65 Å². The number of hydrogen-bond donors (Lipinski definition) is 1. The molecule has 6 heteroatoms. The first-order valence-corrected chi connectivity index (χ1v) is 8.71. The van der Waals surface area contributed by atoms with E-state index in [0.717, 1.165) is 37.4 Å². The van der Waals surface area contributed by atoms with E-state index in [1.807, 2.05) is 39.2 Å². The van der Waals surface area contributed by atoms with E-state index in [1.54, 1.807) is 22.2 Å². The van der Waals surface area contributed by atoms with Crippen LogP contribution in [-0.4, -0.2) is 24.9 Å². The molecule has 0 saturated carbocycles. The van der Waals surface area contributed by atoms with Crippen molar-refractivity contribution in [1.82, 2.24) is 19.7 Å². The Balaban J connectivity index is 1.81. The third-order valence-electron chi connectivity index (χ3n) is 4.37. The molecular weight excluding hydrogens is 320 g/mol. The minimum atomic E-state index is -0.804. The molecule has 0 aromatic carbocycles. The van der Waals surface area contributed by atoms with Gasteiger partial charge in [0.1, 0.15) is 4.83 Å². The summed E-state index contributed by atoms with van der Waals surface area (Å²) in [7, 11) is 1.89. The molecule has 4 heterocycles. The van der Waals surface area contributed by atoms with Crippen LogP contribution >= 0.6 is 11.3 Å². The summed E-state index contributed by atoms with van der Waals surface area (Å²) in [6.07, 6.45) is 4.43. The maximum absolute atomic E-state index is 10.5. The van der Waals surface area contributed by atoms with Gasteiger partial charge >= 0.3 is 0 Å². The zero-order chi connectivity index (χ0) is 16.9. The van der Waals surface area contributed by atoms with Crippen LogP contribution in [0.5, 0.6) is 0 Å². The average molecular weight is 338 g/mol. The lowest BCUT2D eigenvalue weighted by Crippen LogP contribution is -2.17. The molecule has 1 N–H and O–H groups in total. The Bertz CT molecular complexity index is 1050. The smallest absolute Gasteiger partial charge is 0.181 e. The fourth-order valence-electron chi connectivity index (χ4n) is 2.69. The molecule has 1 atom stereocenters. The topological polar surface area (TPSA) is 63.8 Å². The predicted octanol–water partition coefficient (Wildman–Crippen LogP) is 3.86. The van der Waals surface area contributed by atoms with Gasteiger partial charge in [0, 0.05) is 40.7 Å². The normalized spacial score (nSPS) is 14.3. The highest BCUT2D eigenvalue weighted by Crippen LogP contribution is 2.35. The van der Waals surface area contributed by atoms with Crippen molar-refractivity contribution >= 4 is 32.6 Å². The molecule has 0 amide bonds. The van der Waals surface area contributed by atoms with E-state index < -0.39 is 5.60 Å². The van der Waals surface area contributed by atoms with E-state index in [9.17, 15) is 5.11 Å². The summed E-state index contributed by atoms with van der Waals surface area (Å²) in [5.74, 6) is 0. The summed E-state index contributed by atoms with van der Waals surface area (Å²) in [4.78, 5) is 11.1. The van der Waals surface area contributed by atoms with Crippen molar-refractivity contribution in [2.24, 2.45) is 7.05 Å². The number of aromatic nitrogens is 4. The van der Waals surface area contributed by atoms with Gasteiger partial charge in [-0.3, -0.25) is 4.68 Å². The Morgan fingerprint density at radius 3 is 2.88 bits per heavy atom. The molecule has 4 rings (SSSR count). The van der Waals surface area contributed by atoms with Gasteiger partial charge in [-0.05, 0) is 37.6 Å². The SMILES string of the molecule is CCC(C)(O)c1cc2ccc(-c3cnc4nn(C)cc4c3)nc2s1. The minimum absolute atomic E-state index is 0.675. The first-order chi connectivity index (χ1) is 11.5. The van der Waals surface area contributed by atoms with Crippen LogP contribution in [0, 0.1) is 0 Å². The summed E-state index contributed by atoms with van der Waals surface area (Å²) < 4.78 is 1.76. The highest BCUT2D eigenvalue weighted by molar-refractivity contribution is 7.18. The van der Waals surface area contributed by atoms with E-state index in [-0.39, 0.29) is 0 Å². The van der Waals surface area contributed by atoms with Gasteiger partial charge in [0.05, 0.1) is 11.3 Å². The summed E-state index contributed by atoms with van der Waals surface area (Å²) >= 11 is 1.55. The summed E-state index contributed by atoms with van der Waals surface area (Å²) in [5.41, 5.74) is 1.78. The molecule has 0 saturated heterocycles. The van der Waals surface area contributed by atoms with E-state index in [4.69, 9.17) is 4.98 Å². The molecule has 0 bridgehead atoms. The van der Waals surface area contributed by atoms with E-state index in [1.165, 1.54) is 0 Å². The second-order valence-corrected chi connectivity index (χ2v) is 7.30. The van der Waals surface area contributed by atoms with Gasteiger partial charge in [-0.2, -0.15) is 5.10 Å². The predicted molar refractivity (Wildman–Crippen MR) is 97.0 cm³/mol. The minimum Gasteiger partial charge on any atom is -0.385 e. The standard InChI is InChI=1S/C18H18N4OS/c1-4-18(2,23)15-8-11-5-6-14(20-17(11)24-15)12-7-13-10-22(3)21-16(13)19-9-12/h5-10,23H,4H2,1-3H3. The van der Waals surface area contributed by atoms with E-state index in [2.05, 4.69) is 22.2 Å². The van der Waals surface area contributed by atoms with Crippen molar-refractivity contribution in [1.29, 1.82) is 0 Å². The zero-order valence-electron chi connectivity index (χ0n) is 13.8. The van der Waals surface area contributed by atoms with Gasteiger partial charge in [-0.1, -0.05) is 6.92 Å². The lowest BCUT2D eigenvalue weighted by molar-refractivity contribution is 0.0570. The number of aliphatic hydroxyl groups is 1. The second kappa shape index (κ2) is 5.36. The highest BCUT2D eigenvalue weighted by Gasteiger charge is 2.23. The van der Waals surface area contributed by atoms with Crippen LogP contribution < -0.4 is 0 Å². The molecule has 122 valence electrons. The molecule has 1 unspecified atom stereocenters. The Morgan fingerprint density at radius 1 is 1.25 bits per heavy atom. The van der Waals surface area contributed by atoms with Crippen LogP contribution in [0.1, 0.15) is 25.1 Å². The third kappa shape index (κ3) is 2.48. The van der Waals surface area contributed by atoms with Crippen LogP contribution in [-0.2, 0) is 12.6 Å². The number of pyridine rings is 2. The van der Waals surface area contributed by atoms with Crippen molar-refractivity contribution in [3.8, 4) is 11.3 Å². The van der Waals surface area contributed by atoms with Crippen molar-refractivity contribution in [2.45, 2.75) is 25.9 Å². The largest absolute Gasteiger partial charge is 0.385 e. The number of nitrogens with zero attached hydrogens (tertiary/aromatic N) is 4. The summed E-state index contributed by atoms with van der Waals surface area (Å²) in [6.45, 7) is 3.83. The molecule has 0 aliphatic heterocycles. The van der Waals surface area contributed by atoms with Gasteiger partial charge in [0.2, 0.25) is 0 Å². The van der Waals surface area contributed by atoms with Crippen LogP contribution in [0.15, 0.2) is 36.7 Å². The molecule has 5 nitrogen and oxygen atoms in total.